The number of carbonyl (C=O) groups excluding carboxylic acids is 3. The van der Waals surface area contributed by atoms with E-state index in [1.54, 1.807) is 24.3 Å². The van der Waals surface area contributed by atoms with Gasteiger partial charge in [-0.05, 0) is 66.6 Å². The first kappa shape index (κ1) is 29.7. The predicted molar refractivity (Wildman–Crippen MR) is 172 cm³/mol. The minimum absolute atomic E-state index is 0.0932. The lowest BCUT2D eigenvalue weighted by Gasteiger charge is -2.32. The Morgan fingerprint density at radius 2 is 1.56 bits per heavy atom. The number of Topliss-reactive ketones (excluding diaryl/α,β-unsaturated/α-hetero) is 1. The molecule has 0 radical (unpaired) electrons. The zero-order valence-corrected chi connectivity index (χ0v) is 25.0. The van der Waals surface area contributed by atoms with Crippen molar-refractivity contribution >= 4 is 40.0 Å². The van der Waals surface area contributed by atoms with E-state index in [-0.39, 0.29) is 24.1 Å². The molecule has 1 fully saturated rings. The second-order valence-corrected chi connectivity index (χ2v) is 10.9. The number of ketones is 1. The van der Waals surface area contributed by atoms with Gasteiger partial charge in [0.05, 0.1) is 18.7 Å². The van der Waals surface area contributed by atoms with Gasteiger partial charge >= 0.3 is 0 Å². The lowest BCUT2D eigenvalue weighted by atomic mass is 10.0. The molecule has 1 N–H and O–H groups in total. The zero-order chi connectivity index (χ0) is 31.2. The van der Waals surface area contributed by atoms with Crippen LogP contribution in [0.5, 0.6) is 0 Å². The molecular formula is C35H34N6O4. The number of carbonyl (C=O) groups is 3. The predicted octanol–water partition coefficient (Wildman–Crippen LogP) is 4.56. The molecule has 1 saturated heterocycles. The average molecular weight is 603 g/mol. The average Bonchev–Trinajstić information content (AvgIpc) is 3.49. The van der Waals surface area contributed by atoms with Crippen LogP contribution in [0.25, 0.3) is 11.0 Å². The lowest BCUT2D eigenvalue weighted by Crippen LogP contribution is -2.45. The highest BCUT2D eigenvalue weighted by Gasteiger charge is 2.33. The SMILES string of the molecule is CC(=O)c1ccc(N(C(=O)Cn2nnc3ccccc32)[C@H](C(=O)NCc2ccccc2)c2ccc(N3CCOCC3)cc2)cc1. The van der Waals surface area contributed by atoms with Crippen molar-refractivity contribution < 1.29 is 19.1 Å². The molecule has 2 heterocycles. The summed E-state index contributed by atoms with van der Waals surface area (Å²) < 4.78 is 7.04. The number of nitrogens with zero attached hydrogens (tertiary/aromatic N) is 5. The van der Waals surface area contributed by atoms with Crippen molar-refractivity contribution in [1.82, 2.24) is 20.3 Å². The molecule has 1 aliphatic heterocycles. The minimum Gasteiger partial charge on any atom is -0.378 e. The number of aromatic nitrogens is 3. The Morgan fingerprint density at radius 3 is 2.27 bits per heavy atom. The molecule has 4 aromatic carbocycles. The Kier molecular flexibility index (Phi) is 8.93. The Balaban J connectivity index is 1.40. The molecule has 0 aliphatic carbocycles. The van der Waals surface area contributed by atoms with Gasteiger partial charge in [-0.15, -0.1) is 5.10 Å². The summed E-state index contributed by atoms with van der Waals surface area (Å²) >= 11 is 0. The molecule has 45 heavy (non-hydrogen) atoms. The van der Waals surface area contributed by atoms with E-state index in [9.17, 15) is 14.4 Å². The zero-order valence-electron chi connectivity index (χ0n) is 25.0. The normalized spacial score (nSPS) is 13.8. The first-order valence-corrected chi connectivity index (χ1v) is 14.9. The minimum atomic E-state index is -1.02. The maximum Gasteiger partial charge on any atom is 0.249 e. The van der Waals surface area contributed by atoms with Crippen molar-refractivity contribution in [3.05, 3.63) is 120 Å². The van der Waals surface area contributed by atoms with Crippen LogP contribution in [-0.2, 0) is 27.4 Å². The molecule has 228 valence electrons. The summed E-state index contributed by atoms with van der Waals surface area (Å²) in [5.41, 5.74) is 4.95. The fourth-order valence-corrected chi connectivity index (χ4v) is 5.52. The number of hydrogen-bond donors (Lipinski definition) is 1. The van der Waals surface area contributed by atoms with Crippen LogP contribution in [0.4, 0.5) is 11.4 Å². The number of para-hydroxylation sites is 1. The monoisotopic (exact) mass is 602 g/mol. The number of hydrogen-bond acceptors (Lipinski definition) is 7. The van der Waals surface area contributed by atoms with Gasteiger partial charge in [0.1, 0.15) is 18.1 Å². The van der Waals surface area contributed by atoms with Crippen LogP contribution in [0.1, 0.15) is 34.5 Å². The molecule has 6 rings (SSSR count). The number of ether oxygens (including phenoxy) is 1. The summed E-state index contributed by atoms with van der Waals surface area (Å²) in [5.74, 6) is -0.798. The molecule has 5 aromatic rings. The third kappa shape index (κ3) is 6.76. The molecule has 10 nitrogen and oxygen atoms in total. The van der Waals surface area contributed by atoms with E-state index in [1.165, 1.54) is 16.5 Å². The van der Waals surface area contributed by atoms with Gasteiger partial charge in [0.15, 0.2) is 5.78 Å². The third-order valence-electron chi connectivity index (χ3n) is 7.93. The Morgan fingerprint density at radius 1 is 0.867 bits per heavy atom. The van der Waals surface area contributed by atoms with Gasteiger partial charge < -0.3 is 15.0 Å². The van der Waals surface area contributed by atoms with Gasteiger partial charge in [0.2, 0.25) is 11.8 Å². The largest absolute Gasteiger partial charge is 0.378 e. The highest BCUT2D eigenvalue weighted by atomic mass is 16.5. The summed E-state index contributed by atoms with van der Waals surface area (Å²) in [7, 11) is 0. The Hall–Kier alpha value is -5.35. The van der Waals surface area contributed by atoms with Gasteiger partial charge in [-0.1, -0.05) is 59.8 Å². The molecule has 2 amide bonds. The fourth-order valence-electron chi connectivity index (χ4n) is 5.52. The lowest BCUT2D eigenvalue weighted by molar-refractivity contribution is -0.127. The van der Waals surface area contributed by atoms with Crippen molar-refractivity contribution in [2.75, 3.05) is 36.1 Å². The molecule has 0 bridgehead atoms. The van der Waals surface area contributed by atoms with E-state index >= 15 is 0 Å². The van der Waals surface area contributed by atoms with E-state index in [1.807, 2.05) is 78.9 Å². The van der Waals surface area contributed by atoms with Crippen molar-refractivity contribution in [2.24, 2.45) is 0 Å². The summed E-state index contributed by atoms with van der Waals surface area (Å²) in [6.45, 7) is 4.50. The highest BCUT2D eigenvalue weighted by Crippen LogP contribution is 2.31. The van der Waals surface area contributed by atoms with E-state index in [2.05, 4.69) is 20.5 Å². The van der Waals surface area contributed by atoms with Crippen LogP contribution in [0.2, 0.25) is 0 Å². The van der Waals surface area contributed by atoms with Gasteiger partial charge in [-0.3, -0.25) is 19.3 Å². The Bertz CT molecular complexity index is 1780. The van der Waals surface area contributed by atoms with Gasteiger partial charge in [0, 0.05) is 36.6 Å². The summed E-state index contributed by atoms with van der Waals surface area (Å²) in [5, 5.41) is 11.5. The number of fused-ring (bicyclic) bond motifs is 1. The molecule has 10 heteroatoms. The third-order valence-corrected chi connectivity index (χ3v) is 7.93. The number of amides is 2. The fraction of sp³-hybridized carbons (Fsp3) is 0.229. The van der Waals surface area contributed by atoms with Crippen LogP contribution < -0.4 is 15.1 Å². The van der Waals surface area contributed by atoms with Crippen LogP contribution in [0.15, 0.2) is 103 Å². The van der Waals surface area contributed by atoms with Crippen molar-refractivity contribution in [1.29, 1.82) is 0 Å². The quantitative estimate of drug-likeness (QED) is 0.234. The second kappa shape index (κ2) is 13.5. The molecule has 1 atom stereocenters. The number of nitrogens with one attached hydrogen (secondary N) is 1. The first-order chi connectivity index (χ1) is 22.0. The molecule has 1 aliphatic rings. The van der Waals surface area contributed by atoms with Crippen molar-refractivity contribution in [3.8, 4) is 0 Å². The van der Waals surface area contributed by atoms with E-state index in [0.717, 1.165) is 24.3 Å². The van der Waals surface area contributed by atoms with Crippen LogP contribution >= 0.6 is 0 Å². The standard InChI is InChI=1S/C35H34N6O4/c1-25(42)27-11-17-30(18-12-27)41(33(43)24-40-32-10-6-5-9-31(32)37-38-40)34(35(44)36-23-26-7-3-2-4-8-26)28-13-15-29(16-14-28)39-19-21-45-22-20-39/h2-18,34H,19-24H2,1H3,(H,36,44)/t34-/m0/s1. The van der Waals surface area contributed by atoms with E-state index in [4.69, 9.17) is 4.74 Å². The van der Waals surface area contributed by atoms with Crippen molar-refractivity contribution in [2.45, 2.75) is 26.1 Å². The van der Waals surface area contributed by atoms with Gasteiger partial charge in [-0.2, -0.15) is 0 Å². The first-order valence-electron chi connectivity index (χ1n) is 14.9. The smallest absolute Gasteiger partial charge is 0.249 e. The molecular weight excluding hydrogens is 568 g/mol. The maximum absolute atomic E-state index is 14.3. The molecule has 0 saturated carbocycles. The number of anilines is 2. The summed E-state index contributed by atoms with van der Waals surface area (Å²) in [6, 6.07) is 30.5. The van der Waals surface area contributed by atoms with Gasteiger partial charge in [0.25, 0.3) is 0 Å². The number of rotatable bonds is 10. The Labute approximate surface area is 261 Å². The number of benzene rings is 4. The second-order valence-electron chi connectivity index (χ2n) is 10.9. The van der Waals surface area contributed by atoms with Crippen LogP contribution in [0, 0.1) is 0 Å². The number of morpholine rings is 1. The molecule has 0 unspecified atom stereocenters. The van der Waals surface area contributed by atoms with Crippen LogP contribution in [-0.4, -0.2) is 58.9 Å². The topological polar surface area (TPSA) is 110 Å². The summed E-state index contributed by atoms with van der Waals surface area (Å²) in [6.07, 6.45) is 0. The van der Waals surface area contributed by atoms with E-state index < -0.39 is 6.04 Å². The highest BCUT2D eigenvalue weighted by molar-refractivity contribution is 6.02. The molecule has 0 spiro atoms. The van der Waals surface area contributed by atoms with E-state index in [0.29, 0.717) is 47.6 Å². The molecule has 1 aromatic heterocycles. The summed E-state index contributed by atoms with van der Waals surface area (Å²) in [4.78, 5) is 44.3. The maximum atomic E-state index is 14.3. The van der Waals surface area contributed by atoms with Crippen molar-refractivity contribution in [3.63, 3.8) is 0 Å². The van der Waals surface area contributed by atoms with Gasteiger partial charge in [-0.25, -0.2) is 4.68 Å². The van der Waals surface area contributed by atoms with Crippen LogP contribution in [0.3, 0.4) is 0 Å².